The minimum atomic E-state index is -0.330. The lowest BCUT2D eigenvalue weighted by Gasteiger charge is -2.39. The van der Waals surface area contributed by atoms with E-state index in [1.807, 2.05) is 28.2 Å². The van der Waals surface area contributed by atoms with Crippen LogP contribution in [0.2, 0.25) is 0 Å². The van der Waals surface area contributed by atoms with Crippen LogP contribution in [0.1, 0.15) is 44.0 Å². The van der Waals surface area contributed by atoms with E-state index in [2.05, 4.69) is 11.9 Å². The van der Waals surface area contributed by atoms with Gasteiger partial charge in [-0.25, -0.2) is 4.98 Å². The minimum Gasteiger partial charge on any atom is -0.342 e. The molecule has 1 atom stereocenters. The van der Waals surface area contributed by atoms with Gasteiger partial charge in [0.05, 0.1) is 17.4 Å². The smallest absolute Gasteiger partial charge is 0.242 e. The third-order valence-corrected chi connectivity index (χ3v) is 5.68. The Morgan fingerprint density at radius 2 is 2.08 bits per heavy atom. The lowest BCUT2D eigenvalue weighted by molar-refractivity contribution is -0.146. The molecule has 2 aliphatic rings. The third kappa shape index (κ3) is 2.94. The summed E-state index contributed by atoms with van der Waals surface area (Å²) in [6.07, 6.45) is 5.49. The summed E-state index contributed by atoms with van der Waals surface area (Å²) in [4.78, 5) is 33.7. The number of piperidine rings is 1. The van der Waals surface area contributed by atoms with Crippen LogP contribution in [-0.4, -0.2) is 57.3 Å². The molecular weight excluding hydrogens is 304 g/mol. The Hall–Kier alpha value is -1.85. The van der Waals surface area contributed by atoms with Gasteiger partial charge in [0, 0.05) is 31.9 Å². The van der Waals surface area contributed by atoms with Gasteiger partial charge in [0.2, 0.25) is 11.8 Å². The van der Waals surface area contributed by atoms with Crippen molar-refractivity contribution >= 4 is 11.8 Å². The summed E-state index contributed by atoms with van der Waals surface area (Å²) < 4.78 is 1.90. The fourth-order valence-electron chi connectivity index (χ4n) is 4.05. The molecule has 24 heavy (non-hydrogen) atoms. The van der Waals surface area contributed by atoms with Gasteiger partial charge in [0.25, 0.3) is 0 Å². The highest BCUT2D eigenvalue weighted by molar-refractivity contribution is 5.86. The Bertz CT molecular complexity index is 637. The molecular formula is C18H28N4O2. The van der Waals surface area contributed by atoms with Crippen molar-refractivity contribution < 1.29 is 9.59 Å². The molecule has 0 radical (unpaired) electrons. The number of likely N-dealkylation sites (tertiary alicyclic amines) is 2. The SMILES string of the molecule is CCCN1CCCC2(CCN(C(=O)Cn3cnc(C)c3C)C2)C1=O. The Labute approximate surface area is 143 Å². The molecule has 1 aromatic rings. The second-order valence-corrected chi connectivity index (χ2v) is 7.28. The summed E-state index contributed by atoms with van der Waals surface area (Å²) in [5, 5.41) is 0. The Morgan fingerprint density at radius 1 is 1.29 bits per heavy atom. The lowest BCUT2D eigenvalue weighted by Crippen LogP contribution is -2.50. The van der Waals surface area contributed by atoms with Crippen LogP contribution in [0.5, 0.6) is 0 Å². The number of rotatable bonds is 4. The second-order valence-electron chi connectivity index (χ2n) is 7.28. The molecule has 0 aliphatic carbocycles. The molecule has 1 aromatic heterocycles. The molecule has 132 valence electrons. The van der Waals surface area contributed by atoms with Gasteiger partial charge in [0.15, 0.2) is 0 Å². The van der Waals surface area contributed by atoms with E-state index < -0.39 is 0 Å². The first-order valence-electron chi connectivity index (χ1n) is 9.02. The Kier molecular flexibility index (Phi) is 4.65. The van der Waals surface area contributed by atoms with Crippen LogP contribution in [-0.2, 0) is 16.1 Å². The highest BCUT2D eigenvalue weighted by Gasteiger charge is 2.49. The van der Waals surface area contributed by atoms with Crippen LogP contribution in [0.25, 0.3) is 0 Å². The average Bonchev–Trinajstić information content (AvgIpc) is 3.12. The normalized spacial score (nSPS) is 24.2. The maximum atomic E-state index is 12.9. The molecule has 0 N–H and O–H groups in total. The van der Waals surface area contributed by atoms with Crippen LogP contribution >= 0.6 is 0 Å². The predicted molar refractivity (Wildman–Crippen MR) is 91.4 cm³/mol. The predicted octanol–water partition coefficient (Wildman–Crippen LogP) is 1.75. The molecule has 0 aromatic carbocycles. The van der Waals surface area contributed by atoms with E-state index in [1.165, 1.54) is 0 Å². The lowest BCUT2D eigenvalue weighted by atomic mass is 9.78. The van der Waals surface area contributed by atoms with Gasteiger partial charge in [-0.1, -0.05) is 6.92 Å². The number of hydrogen-bond donors (Lipinski definition) is 0. The molecule has 1 spiro atoms. The van der Waals surface area contributed by atoms with Crippen molar-refractivity contribution in [3.8, 4) is 0 Å². The molecule has 3 rings (SSSR count). The van der Waals surface area contributed by atoms with E-state index in [-0.39, 0.29) is 17.2 Å². The Balaban J connectivity index is 1.67. The molecule has 2 aliphatic heterocycles. The van der Waals surface area contributed by atoms with E-state index in [1.54, 1.807) is 6.33 Å². The molecule has 2 fully saturated rings. The van der Waals surface area contributed by atoms with Gasteiger partial charge in [-0.05, 0) is 39.5 Å². The van der Waals surface area contributed by atoms with Crippen LogP contribution in [0, 0.1) is 19.3 Å². The molecule has 6 heteroatoms. The quantitative estimate of drug-likeness (QED) is 0.844. The second kappa shape index (κ2) is 6.57. The van der Waals surface area contributed by atoms with Gasteiger partial charge in [0.1, 0.15) is 6.54 Å². The topological polar surface area (TPSA) is 58.4 Å². The van der Waals surface area contributed by atoms with Gasteiger partial charge in [-0.3, -0.25) is 9.59 Å². The summed E-state index contributed by atoms with van der Waals surface area (Å²) in [6, 6.07) is 0. The Morgan fingerprint density at radius 3 is 2.75 bits per heavy atom. The maximum Gasteiger partial charge on any atom is 0.242 e. The van der Waals surface area contributed by atoms with Crippen LogP contribution in [0.4, 0.5) is 0 Å². The maximum absolute atomic E-state index is 12.9. The highest BCUT2D eigenvalue weighted by Crippen LogP contribution is 2.40. The van der Waals surface area contributed by atoms with Crippen molar-refractivity contribution in [3.05, 3.63) is 17.7 Å². The number of amides is 2. The molecule has 2 saturated heterocycles. The fourth-order valence-corrected chi connectivity index (χ4v) is 4.05. The first-order valence-corrected chi connectivity index (χ1v) is 9.02. The largest absolute Gasteiger partial charge is 0.342 e. The monoisotopic (exact) mass is 332 g/mol. The standard InChI is InChI=1S/C18H28N4O2/c1-4-8-20-9-5-6-18(17(20)24)7-10-21(12-18)16(23)11-22-13-19-14(2)15(22)3/h13H,4-12H2,1-3H3. The van der Waals surface area contributed by atoms with Crippen molar-refractivity contribution in [2.75, 3.05) is 26.2 Å². The fraction of sp³-hybridized carbons (Fsp3) is 0.722. The molecule has 0 bridgehead atoms. The highest BCUT2D eigenvalue weighted by atomic mass is 16.2. The summed E-state index contributed by atoms with van der Waals surface area (Å²) in [5.41, 5.74) is 1.65. The van der Waals surface area contributed by atoms with Crippen LogP contribution < -0.4 is 0 Å². The number of carbonyl (C=O) groups excluding carboxylic acids is 2. The zero-order chi connectivity index (χ0) is 17.3. The summed E-state index contributed by atoms with van der Waals surface area (Å²) in [6.45, 7) is 9.33. The summed E-state index contributed by atoms with van der Waals surface area (Å²) in [7, 11) is 0. The van der Waals surface area contributed by atoms with Gasteiger partial charge in [-0.2, -0.15) is 0 Å². The number of imidazole rings is 1. The van der Waals surface area contributed by atoms with E-state index in [9.17, 15) is 9.59 Å². The number of aromatic nitrogens is 2. The van der Waals surface area contributed by atoms with E-state index >= 15 is 0 Å². The average molecular weight is 332 g/mol. The molecule has 2 amide bonds. The molecule has 1 unspecified atom stereocenters. The van der Waals surface area contributed by atoms with Crippen molar-refractivity contribution in [2.45, 2.75) is 53.0 Å². The first kappa shape index (κ1) is 17.0. The third-order valence-electron chi connectivity index (χ3n) is 5.68. The van der Waals surface area contributed by atoms with Gasteiger partial charge >= 0.3 is 0 Å². The number of nitrogens with zero attached hydrogens (tertiary/aromatic N) is 4. The molecule has 0 saturated carbocycles. The van der Waals surface area contributed by atoms with Crippen LogP contribution in [0.3, 0.4) is 0 Å². The number of carbonyl (C=O) groups is 2. The zero-order valence-electron chi connectivity index (χ0n) is 15.0. The van der Waals surface area contributed by atoms with E-state index in [0.717, 1.165) is 50.2 Å². The van der Waals surface area contributed by atoms with Crippen molar-refractivity contribution in [3.63, 3.8) is 0 Å². The number of hydrogen-bond acceptors (Lipinski definition) is 3. The van der Waals surface area contributed by atoms with Crippen LogP contribution in [0.15, 0.2) is 6.33 Å². The van der Waals surface area contributed by atoms with E-state index in [4.69, 9.17) is 0 Å². The number of aryl methyl sites for hydroxylation is 1. The van der Waals surface area contributed by atoms with Crippen molar-refractivity contribution in [1.82, 2.24) is 19.4 Å². The summed E-state index contributed by atoms with van der Waals surface area (Å²) >= 11 is 0. The van der Waals surface area contributed by atoms with Crippen molar-refractivity contribution in [1.29, 1.82) is 0 Å². The van der Waals surface area contributed by atoms with Gasteiger partial charge in [-0.15, -0.1) is 0 Å². The molecule has 6 nitrogen and oxygen atoms in total. The minimum absolute atomic E-state index is 0.0905. The zero-order valence-corrected chi connectivity index (χ0v) is 15.0. The first-order chi connectivity index (χ1) is 11.5. The van der Waals surface area contributed by atoms with Gasteiger partial charge < -0.3 is 14.4 Å². The van der Waals surface area contributed by atoms with E-state index in [0.29, 0.717) is 19.6 Å². The summed E-state index contributed by atoms with van der Waals surface area (Å²) in [5.74, 6) is 0.355. The van der Waals surface area contributed by atoms with Crippen molar-refractivity contribution in [2.24, 2.45) is 5.41 Å². The molecule has 3 heterocycles.